The first-order valence-corrected chi connectivity index (χ1v) is 6.19. The van der Waals surface area contributed by atoms with E-state index in [1.807, 2.05) is 24.3 Å². The zero-order chi connectivity index (χ0) is 12.8. The lowest BCUT2D eigenvalue weighted by atomic mass is 10.2. The maximum Gasteiger partial charge on any atom is 0.145 e. The Morgan fingerprint density at radius 3 is 2.56 bits per heavy atom. The second-order valence-corrected chi connectivity index (χ2v) is 4.57. The molecule has 2 nitrogen and oxygen atoms in total. The first-order valence-electron chi connectivity index (χ1n) is 5.40. The fraction of sp³-hybridized carbons (Fsp3) is 0.0714. The van der Waals surface area contributed by atoms with Crippen LogP contribution in [0.25, 0.3) is 0 Å². The molecule has 4 heteroatoms. The second kappa shape index (κ2) is 6.31. The van der Waals surface area contributed by atoms with Crippen LogP contribution in [0.4, 0.5) is 4.39 Å². The van der Waals surface area contributed by atoms with Crippen LogP contribution in [0.1, 0.15) is 11.1 Å². The average Bonchev–Trinajstić information content (AvgIpc) is 2.39. The molecular weight excluding hydrogens is 297 g/mol. The van der Waals surface area contributed by atoms with Crippen molar-refractivity contribution in [2.75, 3.05) is 0 Å². The van der Waals surface area contributed by atoms with Crippen LogP contribution in [-0.4, -0.2) is 6.21 Å². The summed E-state index contributed by atoms with van der Waals surface area (Å²) in [4.78, 5) is 5.05. The summed E-state index contributed by atoms with van der Waals surface area (Å²) in [5, 5.41) is 3.80. The van der Waals surface area contributed by atoms with Crippen molar-refractivity contribution in [3.63, 3.8) is 0 Å². The highest BCUT2D eigenvalue weighted by molar-refractivity contribution is 9.10. The molecule has 0 aromatic heterocycles. The van der Waals surface area contributed by atoms with Gasteiger partial charge >= 0.3 is 0 Å². The van der Waals surface area contributed by atoms with Gasteiger partial charge in [0.05, 0.1) is 6.21 Å². The minimum absolute atomic E-state index is 0.125. The highest BCUT2D eigenvalue weighted by Gasteiger charge is 1.99. The lowest BCUT2D eigenvalue weighted by Crippen LogP contribution is -1.91. The first-order chi connectivity index (χ1) is 8.75. The molecule has 0 bridgehead atoms. The van der Waals surface area contributed by atoms with Crippen LogP contribution in [0.2, 0.25) is 0 Å². The molecular formula is C14H11BrFNO. The molecule has 18 heavy (non-hydrogen) atoms. The topological polar surface area (TPSA) is 21.6 Å². The quantitative estimate of drug-likeness (QED) is 0.614. The maximum absolute atomic E-state index is 13.2. The normalized spacial score (nSPS) is 10.8. The van der Waals surface area contributed by atoms with Crippen LogP contribution in [0.3, 0.4) is 0 Å². The van der Waals surface area contributed by atoms with Crippen molar-refractivity contribution < 1.29 is 9.23 Å². The Hall–Kier alpha value is -1.68. The van der Waals surface area contributed by atoms with Crippen molar-refractivity contribution in [1.29, 1.82) is 0 Å². The standard InChI is InChI=1S/C14H11BrFNO/c15-13-7-5-11(6-8-13)9-17-18-10-12-3-1-2-4-14(12)16/h1-9H,10H2/b17-9+. The third kappa shape index (κ3) is 3.67. The summed E-state index contributed by atoms with van der Waals surface area (Å²) >= 11 is 3.35. The molecule has 0 atom stereocenters. The predicted molar refractivity (Wildman–Crippen MR) is 72.9 cm³/mol. The number of oxime groups is 1. The van der Waals surface area contributed by atoms with Crippen molar-refractivity contribution in [2.45, 2.75) is 6.61 Å². The van der Waals surface area contributed by atoms with E-state index in [-0.39, 0.29) is 12.4 Å². The van der Waals surface area contributed by atoms with Crippen molar-refractivity contribution in [2.24, 2.45) is 5.16 Å². The predicted octanol–water partition coefficient (Wildman–Crippen LogP) is 4.14. The minimum atomic E-state index is -0.281. The highest BCUT2D eigenvalue weighted by Crippen LogP contribution is 2.10. The molecule has 0 saturated carbocycles. The molecule has 0 amide bonds. The summed E-state index contributed by atoms with van der Waals surface area (Å²) in [7, 11) is 0. The SMILES string of the molecule is Fc1ccccc1CO/N=C/c1ccc(Br)cc1. The minimum Gasteiger partial charge on any atom is -0.391 e. The number of hydrogen-bond acceptors (Lipinski definition) is 2. The van der Waals surface area contributed by atoms with Crippen molar-refractivity contribution in [3.05, 3.63) is 69.9 Å². The third-order valence-electron chi connectivity index (χ3n) is 2.32. The summed E-state index contributed by atoms with van der Waals surface area (Å²) in [6.07, 6.45) is 1.59. The molecule has 0 N–H and O–H groups in total. The van der Waals surface area contributed by atoms with Gasteiger partial charge in [-0.05, 0) is 23.8 Å². The first kappa shape index (κ1) is 12.8. The van der Waals surface area contributed by atoms with Gasteiger partial charge in [0.15, 0.2) is 0 Å². The fourth-order valence-electron chi connectivity index (χ4n) is 1.37. The molecule has 0 aliphatic heterocycles. The van der Waals surface area contributed by atoms with Crippen LogP contribution in [0, 0.1) is 5.82 Å². The number of benzene rings is 2. The van der Waals surface area contributed by atoms with Crippen LogP contribution in [0.5, 0.6) is 0 Å². The molecule has 92 valence electrons. The van der Waals surface area contributed by atoms with Gasteiger partial charge in [-0.3, -0.25) is 0 Å². The summed E-state index contributed by atoms with van der Waals surface area (Å²) in [5.41, 5.74) is 1.41. The van der Waals surface area contributed by atoms with Gasteiger partial charge in [0, 0.05) is 10.0 Å². The maximum atomic E-state index is 13.2. The molecule has 0 unspecified atom stereocenters. The molecule has 0 spiro atoms. The third-order valence-corrected chi connectivity index (χ3v) is 2.85. The molecule has 2 rings (SSSR count). The van der Waals surface area contributed by atoms with Crippen LogP contribution in [0.15, 0.2) is 58.2 Å². The van der Waals surface area contributed by atoms with E-state index in [0.717, 1.165) is 10.0 Å². The lowest BCUT2D eigenvalue weighted by molar-refractivity contribution is 0.129. The molecule has 0 aliphatic carbocycles. The van der Waals surface area contributed by atoms with Gasteiger partial charge in [-0.15, -0.1) is 0 Å². The number of nitrogens with zero attached hydrogens (tertiary/aromatic N) is 1. The molecule has 0 radical (unpaired) electrons. The average molecular weight is 308 g/mol. The van der Waals surface area contributed by atoms with E-state index in [0.29, 0.717) is 5.56 Å². The van der Waals surface area contributed by atoms with Crippen LogP contribution >= 0.6 is 15.9 Å². The Bertz CT molecular complexity index is 540. The van der Waals surface area contributed by atoms with Gasteiger partial charge in [-0.25, -0.2) is 4.39 Å². The van der Waals surface area contributed by atoms with E-state index in [9.17, 15) is 4.39 Å². The van der Waals surface area contributed by atoms with E-state index >= 15 is 0 Å². The molecule has 0 saturated heterocycles. The van der Waals surface area contributed by atoms with Gasteiger partial charge in [-0.1, -0.05) is 51.4 Å². The fourth-order valence-corrected chi connectivity index (χ4v) is 1.63. The molecule has 2 aromatic carbocycles. The summed E-state index contributed by atoms with van der Waals surface area (Å²) < 4.78 is 14.3. The zero-order valence-electron chi connectivity index (χ0n) is 9.51. The van der Waals surface area contributed by atoms with Gasteiger partial charge in [0.2, 0.25) is 0 Å². The Kier molecular flexibility index (Phi) is 4.47. The summed E-state index contributed by atoms with van der Waals surface area (Å²) in [6, 6.07) is 14.1. The monoisotopic (exact) mass is 307 g/mol. The van der Waals surface area contributed by atoms with Gasteiger partial charge in [-0.2, -0.15) is 0 Å². The Morgan fingerprint density at radius 1 is 1.11 bits per heavy atom. The van der Waals surface area contributed by atoms with Crippen LogP contribution < -0.4 is 0 Å². The van der Waals surface area contributed by atoms with E-state index < -0.39 is 0 Å². The molecule has 0 heterocycles. The summed E-state index contributed by atoms with van der Waals surface area (Å²) in [6.45, 7) is 0.125. The number of halogens is 2. The van der Waals surface area contributed by atoms with Crippen molar-refractivity contribution >= 4 is 22.1 Å². The van der Waals surface area contributed by atoms with E-state index in [1.165, 1.54) is 6.07 Å². The highest BCUT2D eigenvalue weighted by atomic mass is 79.9. The zero-order valence-corrected chi connectivity index (χ0v) is 11.1. The van der Waals surface area contributed by atoms with Gasteiger partial charge < -0.3 is 4.84 Å². The molecule has 0 fully saturated rings. The van der Waals surface area contributed by atoms with E-state index in [4.69, 9.17) is 4.84 Å². The van der Waals surface area contributed by atoms with Gasteiger partial charge in [0.1, 0.15) is 12.4 Å². The van der Waals surface area contributed by atoms with Gasteiger partial charge in [0.25, 0.3) is 0 Å². The number of rotatable bonds is 4. The van der Waals surface area contributed by atoms with E-state index in [1.54, 1.807) is 24.4 Å². The van der Waals surface area contributed by atoms with Crippen LogP contribution in [-0.2, 0) is 11.4 Å². The number of hydrogen-bond donors (Lipinski definition) is 0. The van der Waals surface area contributed by atoms with Crippen molar-refractivity contribution in [1.82, 2.24) is 0 Å². The van der Waals surface area contributed by atoms with Crippen molar-refractivity contribution in [3.8, 4) is 0 Å². The summed E-state index contributed by atoms with van der Waals surface area (Å²) in [5.74, 6) is -0.281. The second-order valence-electron chi connectivity index (χ2n) is 3.65. The Morgan fingerprint density at radius 2 is 1.83 bits per heavy atom. The smallest absolute Gasteiger partial charge is 0.145 e. The molecule has 0 aliphatic rings. The Balaban J connectivity index is 1.89. The molecule has 2 aromatic rings. The Labute approximate surface area is 113 Å². The van der Waals surface area contributed by atoms with E-state index in [2.05, 4.69) is 21.1 Å². The lowest BCUT2D eigenvalue weighted by Gasteiger charge is -2.00. The largest absolute Gasteiger partial charge is 0.391 e.